The van der Waals surface area contributed by atoms with Crippen molar-refractivity contribution in [3.8, 4) is 0 Å². The molecule has 1 rings (SSSR count). The summed E-state index contributed by atoms with van der Waals surface area (Å²) in [7, 11) is 1.57. The molecular weight excluding hydrogens is 128 g/mol. The van der Waals surface area contributed by atoms with Gasteiger partial charge in [-0.2, -0.15) is 0 Å². The van der Waals surface area contributed by atoms with Crippen LogP contribution in [0.1, 0.15) is 19.8 Å². The molecule has 0 saturated heterocycles. The molecule has 0 aromatic rings. The van der Waals surface area contributed by atoms with E-state index in [0.717, 1.165) is 12.8 Å². The van der Waals surface area contributed by atoms with Crippen LogP contribution in [0.15, 0.2) is 4.99 Å². The van der Waals surface area contributed by atoms with Gasteiger partial charge in [-0.05, 0) is 12.8 Å². The van der Waals surface area contributed by atoms with E-state index in [1.54, 1.807) is 14.0 Å². The predicted octanol–water partition coefficient (Wildman–Crippen LogP) is 1.44. The molecule has 0 atom stereocenters. The number of hydrogen-bond acceptors (Lipinski definition) is 2. The van der Waals surface area contributed by atoms with E-state index in [9.17, 15) is 0 Å². The summed E-state index contributed by atoms with van der Waals surface area (Å²) >= 11 is 0. The predicted molar refractivity (Wildman–Crippen MR) is 40.6 cm³/mol. The minimum Gasteiger partial charge on any atom is -0.484 e. The number of ether oxygens (including phenoxy) is 1. The van der Waals surface area contributed by atoms with Gasteiger partial charge >= 0.3 is 0 Å². The van der Waals surface area contributed by atoms with Crippen LogP contribution in [-0.2, 0) is 4.74 Å². The Bertz CT molecular complexity index is 170. The quantitative estimate of drug-likeness (QED) is 0.434. The third-order valence-corrected chi connectivity index (χ3v) is 1.54. The molecule has 1 saturated carbocycles. The van der Waals surface area contributed by atoms with Crippen molar-refractivity contribution in [3.05, 3.63) is 0 Å². The normalized spacial score (nSPS) is 18.8. The minimum atomic E-state index is 0.421. The Kier molecular flexibility index (Phi) is 2.04. The van der Waals surface area contributed by atoms with Crippen molar-refractivity contribution in [1.82, 2.24) is 0 Å². The Morgan fingerprint density at radius 2 is 2.20 bits per heavy atom. The zero-order chi connectivity index (χ0) is 7.56. The number of rotatable bonds is 1. The summed E-state index contributed by atoms with van der Waals surface area (Å²) in [6.07, 6.45) is 2.25. The topological polar surface area (TPSA) is 45.4 Å². The molecule has 1 aliphatic rings. The third-order valence-electron chi connectivity index (χ3n) is 1.54. The molecule has 0 aromatic carbocycles. The smallest absolute Gasteiger partial charge is 0.186 e. The Balaban J connectivity index is 2.41. The van der Waals surface area contributed by atoms with Crippen LogP contribution >= 0.6 is 0 Å². The Morgan fingerprint density at radius 1 is 1.60 bits per heavy atom. The highest BCUT2D eigenvalue weighted by Crippen LogP contribution is 2.30. The second-order valence-corrected chi connectivity index (χ2v) is 2.49. The Labute approximate surface area is 60.6 Å². The molecule has 10 heavy (non-hydrogen) atoms. The molecule has 0 unspecified atom stereocenters. The van der Waals surface area contributed by atoms with Gasteiger partial charge in [-0.3, -0.25) is 5.41 Å². The second-order valence-electron chi connectivity index (χ2n) is 2.49. The fourth-order valence-corrected chi connectivity index (χ4v) is 0.663. The Morgan fingerprint density at radius 3 is 2.60 bits per heavy atom. The van der Waals surface area contributed by atoms with Crippen molar-refractivity contribution < 1.29 is 4.74 Å². The molecular formula is C7H12N2O. The van der Waals surface area contributed by atoms with Gasteiger partial charge in [0.1, 0.15) is 5.84 Å². The van der Waals surface area contributed by atoms with E-state index in [4.69, 9.17) is 10.1 Å². The zero-order valence-electron chi connectivity index (χ0n) is 6.35. The van der Waals surface area contributed by atoms with Gasteiger partial charge in [0, 0.05) is 12.8 Å². The van der Waals surface area contributed by atoms with Gasteiger partial charge in [0.2, 0.25) is 0 Å². The van der Waals surface area contributed by atoms with Crippen LogP contribution in [0.5, 0.6) is 0 Å². The molecule has 0 aromatic heterocycles. The molecule has 3 heteroatoms. The first-order chi connectivity index (χ1) is 4.74. The van der Waals surface area contributed by atoms with Crippen molar-refractivity contribution in [3.63, 3.8) is 0 Å². The maximum atomic E-state index is 7.37. The fourth-order valence-electron chi connectivity index (χ4n) is 0.663. The summed E-state index contributed by atoms with van der Waals surface area (Å²) in [5, 5.41) is 7.37. The van der Waals surface area contributed by atoms with Crippen LogP contribution in [0.25, 0.3) is 0 Å². The van der Waals surface area contributed by atoms with Gasteiger partial charge in [-0.25, -0.2) is 4.99 Å². The summed E-state index contributed by atoms with van der Waals surface area (Å²) < 4.78 is 4.81. The number of nitrogens with one attached hydrogen (secondary N) is 1. The largest absolute Gasteiger partial charge is 0.484 e. The molecule has 1 N–H and O–H groups in total. The second kappa shape index (κ2) is 2.82. The first-order valence-electron chi connectivity index (χ1n) is 3.41. The molecule has 1 aliphatic carbocycles. The number of amidine groups is 1. The summed E-state index contributed by atoms with van der Waals surface area (Å²) in [6.45, 7) is 1.76. The van der Waals surface area contributed by atoms with Gasteiger partial charge in [0.15, 0.2) is 5.90 Å². The summed E-state index contributed by atoms with van der Waals surface area (Å²) in [5.74, 6) is 1.47. The molecule has 0 amide bonds. The van der Waals surface area contributed by atoms with E-state index >= 15 is 0 Å². The maximum Gasteiger partial charge on any atom is 0.186 e. The molecule has 1 fully saturated rings. The van der Waals surface area contributed by atoms with Crippen LogP contribution in [0.3, 0.4) is 0 Å². The van der Waals surface area contributed by atoms with Gasteiger partial charge in [0.25, 0.3) is 0 Å². The molecule has 0 heterocycles. The summed E-state index contributed by atoms with van der Waals surface area (Å²) in [4.78, 5) is 3.94. The lowest BCUT2D eigenvalue weighted by Crippen LogP contribution is -2.01. The van der Waals surface area contributed by atoms with Crippen LogP contribution in [0.4, 0.5) is 0 Å². The first-order valence-corrected chi connectivity index (χ1v) is 3.41. The van der Waals surface area contributed by atoms with Crippen LogP contribution in [0.2, 0.25) is 0 Å². The van der Waals surface area contributed by atoms with Crippen LogP contribution in [-0.4, -0.2) is 18.8 Å². The molecule has 0 bridgehead atoms. The van der Waals surface area contributed by atoms with Gasteiger partial charge in [-0.15, -0.1) is 0 Å². The molecule has 56 valence electrons. The molecule has 3 nitrogen and oxygen atoms in total. The standard InChI is InChI=1S/C7H12N2O/c1-5(10-2)9-7(8)6-3-4-6/h6,8H,3-4H2,1-2H3. The fraction of sp³-hybridized carbons (Fsp3) is 0.714. The average molecular weight is 140 g/mol. The van der Waals surface area contributed by atoms with Crippen molar-refractivity contribution in [2.75, 3.05) is 7.11 Å². The Hall–Kier alpha value is -0.860. The first kappa shape index (κ1) is 7.25. The van der Waals surface area contributed by atoms with Gasteiger partial charge in [-0.1, -0.05) is 0 Å². The highest BCUT2D eigenvalue weighted by atomic mass is 16.5. The SMILES string of the molecule is COC(C)=NC(=N)C1CC1. The van der Waals surface area contributed by atoms with Crippen LogP contribution < -0.4 is 0 Å². The van der Waals surface area contributed by atoms with Crippen LogP contribution in [0, 0.1) is 11.3 Å². The van der Waals surface area contributed by atoms with Crippen molar-refractivity contribution >= 4 is 11.7 Å². The number of nitrogens with zero attached hydrogens (tertiary/aromatic N) is 1. The molecule has 0 aliphatic heterocycles. The lowest BCUT2D eigenvalue weighted by Gasteiger charge is -1.96. The van der Waals surface area contributed by atoms with Crippen molar-refractivity contribution in [1.29, 1.82) is 5.41 Å². The number of aliphatic imine (C=N–C) groups is 1. The van der Waals surface area contributed by atoms with E-state index in [1.807, 2.05) is 0 Å². The van der Waals surface area contributed by atoms with Gasteiger partial charge < -0.3 is 4.74 Å². The number of hydrogen-bond donors (Lipinski definition) is 1. The lowest BCUT2D eigenvalue weighted by molar-refractivity contribution is 0.400. The minimum absolute atomic E-state index is 0.421. The van der Waals surface area contributed by atoms with Gasteiger partial charge in [0.05, 0.1) is 7.11 Å². The highest BCUT2D eigenvalue weighted by molar-refractivity contribution is 5.94. The van der Waals surface area contributed by atoms with E-state index in [0.29, 0.717) is 17.7 Å². The van der Waals surface area contributed by atoms with Crippen molar-refractivity contribution in [2.45, 2.75) is 19.8 Å². The van der Waals surface area contributed by atoms with Crippen molar-refractivity contribution in [2.24, 2.45) is 10.9 Å². The average Bonchev–Trinajstić information content (AvgIpc) is 2.68. The zero-order valence-corrected chi connectivity index (χ0v) is 6.35. The number of methoxy groups -OCH3 is 1. The van der Waals surface area contributed by atoms with E-state index in [2.05, 4.69) is 4.99 Å². The molecule has 0 radical (unpaired) electrons. The monoisotopic (exact) mass is 140 g/mol. The molecule has 0 spiro atoms. The van der Waals surface area contributed by atoms with E-state index in [1.165, 1.54) is 0 Å². The lowest BCUT2D eigenvalue weighted by atomic mass is 10.4. The third kappa shape index (κ3) is 1.83. The van der Waals surface area contributed by atoms with E-state index in [-0.39, 0.29) is 0 Å². The summed E-state index contributed by atoms with van der Waals surface area (Å²) in [5.41, 5.74) is 0. The maximum absolute atomic E-state index is 7.37. The van der Waals surface area contributed by atoms with E-state index < -0.39 is 0 Å². The summed E-state index contributed by atoms with van der Waals surface area (Å²) in [6, 6.07) is 0. The highest BCUT2D eigenvalue weighted by Gasteiger charge is 2.26.